The third-order valence-electron chi connectivity index (χ3n) is 5.51. The Bertz CT molecular complexity index is 1080. The minimum atomic E-state index is -3.94. The van der Waals surface area contributed by atoms with Crippen LogP contribution in [0.4, 0.5) is 11.4 Å². The van der Waals surface area contributed by atoms with Crippen LogP contribution in [0.3, 0.4) is 0 Å². The highest BCUT2D eigenvalue weighted by Crippen LogP contribution is 2.33. The van der Waals surface area contributed by atoms with E-state index in [1.807, 2.05) is 11.8 Å². The monoisotopic (exact) mass is 460 g/mol. The highest BCUT2D eigenvalue weighted by molar-refractivity contribution is 7.92. The molecule has 1 saturated heterocycles. The number of carbonyl (C=O) groups excluding carboxylic acids is 1. The van der Waals surface area contributed by atoms with E-state index in [4.69, 9.17) is 4.74 Å². The van der Waals surface area contributed by atoms with Crippen molar-refractivity contribution in [2.45, 2.75) is 38.0 Å². The second-order valence-corrected chi connectivity index (χ2v) is 9.36. The van der Waals surface area contributed by atoms with E-state index in [1.165, 1.54) is 24.3 Å². The summed E-state index contributed by atoms with van der Waals surface area (Å²) in [5.41, 5.74) is 1.66. The number of nitrogens with one attached hydrogen (secondary N) is 1. The van der Waals surface area contributed by atoms with Gasteiger partial charge in [0.15, 0.2) is 0 Å². The first-order valence-corrected chi connectivity index (χ1v) is 12.1. The van der Waals surface area contributed by atoms with E-state index in [2.05, 4.69) is 4.72 Å². The predicted molar refractivity (Wildman–Crippen MR) is 122 cm³/mol. The van der Waals surface area contributed by atoms with E-state index in [1.54, 1.807) is 25.1 Å². The van der Waals surface area contributed by atoms with Crippen molar-refractivity contribution in [3.05, 3.63) is 53.6 Å². The summed E-state index contributed by atoms with van der Waals surface area (Å²) in [6.07, 6.45) is 2.21. The highest BCUT2D eigenvalue weighted by Gasteiger charge is 2.29. The first-order valence-electron chi connectivity index (χ1n) is 10.7. The molecule has 3 rings (SSSR count). The minimum Gasteiger partial charge on any atom is -0.478 e. The number of aromatic carboxylic acids is 1. The van der Waals surface area contributed by atoms with Crippen LogP contribution in [-0.2, 0) is 26.0 Å². The number of nitrogens with zero attached hydrogens (tertiary/aromatic N) is 1. The molecule has 0 aromatic heterocycles. The Kier molecular flexibility index (Phi) is 7.40. The lowest BCUT2D eigenvalue weighted by Gasteiger charge is -2.34. The zero-order valence-electron chi connectivity index (χ0n) is 18.2. The molecule has 1 aliphatic rings. The number of rotatable bonds is 8. The maximum atomic E-state index is 13.0. The fourth-order valence-corrected chi connectivity index (χ4v) is 4.85. The summed E-state index contributed by atoms with van der Waals surface area (Å²) in [6, 6.07) is 10.9. The summed E-state index contributed by atoms with van der Waals surface area (Å²) in [6.45, 7) is 5.01. The summed E-state index contributed by atoms with van der Waals surface area (Å²) in [4.78, 5) is 25.7. The van der Waals surface area contributed by atoms with Crippen LogP contribution in [-0.4, -0.2) is 45.2 Å². The van der Waals surface area contributed by atoms with Gasteiger partial charge in [-0.1, -0.05) is 19.1 Å². The third kappa shape index (κ3) is 5.40. The summed E-state index contributed by atoms with van der Waals surface area (Å²) in [5, 5.41) is 9.41. The number of hydrogen-bond acceptors (Lipinski definition) is 6. The molecule has 0 spiro atoms. The molecule has 1 unspecified atom stereocenters. The van der Waals surface area contributed by atoms with Crippen molar-refractivity contribution in [2.75, 3.05) is 29.3 Å². The van der Waals surface area contributed by atoms with Gasteiger partial charge in [-0.25, -0.2) is 13.2 Å². The molecule has 2 aromatic rings. The van der Waals surface area contributed by atoms with Crippen molar-refractivity contribution in [3.63, 3.8) is 0 Å². The predicted octanol–water partition coefficient (Wildman–Crippen LogP) is 3.53. The molecular formula is C23H28N2O6S. The van der Waals surface area contributed by atoms with E-state index in [9.17, 15) is 23.1 Å². The molecule has 1 atom stereocenters. The number of carbonyl (C=O) groups is 2. The summed E-state index contributed by atoms with van der Waals surface area (Å²) < 4.78 is 33.8. The number of esters is 1. The number of aryl methyl sites for hydroxylation is 1. The standard InChI is InChI=1S/C23H28N2O6S/c1-3-16-7-10-19(11-8-16)32(29,30)24-20-14-17(22(26)27)9-12-21(20)25-13-5-6-18(15-25)23(28)31-4-2/h7-12,14,18,24H,3-6,13,15H2,1-2H3,(H,26,27). The normalized spacial score (nSPS) is 16.4. The minimum absolute atomic E-state index is 0.0354. The third-order valence-corrected chi connectivity index (χ3v) is 6.89. The van der Waals surface area contributed by atoms with Crippen LogP contribution in [0.15, 0.2) is 47.4 Å². The Balaban J connectivity index is 1.94. The van der Waals surface area contributed by atoms with Crippen molar-refractivity contribution in [3.8, 4) is 0 Å². The van der Waals surface area contributed by atoms with Gasteiger partial charge in [0.1, 0.15) is 0 Å². The van der Waals surface area contributed by atoms with Gasteiger partial charge in [0.25, 0.3) is 10.0 Å². The summed E-state index contributed by atoms with van der Waals surface area (Å²) in [7, 11) is -3.94. The molecule has 0 amide bonds. The smallest absolute Gasteiger partial charge is 0.335 e. The van der Waals surface area contributed by atoms with E-state index >= 15 is 0 Å². The van der Waals surface area contributed by atoms with Gasteiger partial charge in [0.05, 0.1) is 34.4 Å². The molecule has 2 N–H and O–H groups in total. The number of benzene rings is 2. The summed E-state index contributed by atoms with van der Waals surface area (Å²) >= 11 is 0. The lowest BCUT2D eigenvalue weighted by molar-refractivity contribution is -0.148. The number of ether oxygens (including phenoxy) is 1. The maximum absolute atomic E-state index is 13.0. The van der Waals surface area contributed by atoms with Crippen molar-refractivity contribution >= 4 is 33.3 Å². The van der Waals surface area contributed by atoms with Gasteiger partial charge in [-0.05, 0) is 62.1 Å². The Hall–Kier alpha value is -3.07. The quantitative estimate of drug-likeness (QED) is 0.580. The van der Waals surface area contributed by atoms with E-state index in [0.29, 0.717) is 31.8 Å². The first kappa shape index (κ1) is 23.6. The van der Waals surface area contributed by atoms with Gasteiger partial charge in [-0.2, -0.15) is 0 Å². The molecule has 1 fully saturated rings. The van der Waals surface area contributed by atoms with Gasteiger partial charge >= 0.3 is 11.9 Å². The maximum Gasteiger partial charge on any atom is 0.335 e. The Morgan fingerprint density at radius 3 is 2.50 bits per heavy atom. The Morgan fingerprint density at radius 2 is 1.88 bits per heavy atom. The molecule has 9 heteroatoms. The molecule has 172 valence electrons. The largest absolute Gasteiger partial charge is 0.478 e. The Morgan fingerprint density at radius 1 is 1.16 bits per heavy atom. The van der Waals surface area contributed by atoms with Crippen LogP contribution in [0.25, 0.3) is 0 Å². The number of piperidine rings is 1. The van der Waals surface area contributed by atoms with E-state index in [-0.39, 0.29) is 28.0 Å². The van der Waals surface area contributed by atoms with Crippen molar-refractivity contribution < 1.29 is 27.9 Å². The van der Waals surface area contributed by atoms with Crippen LogP contribution < -0.4 is 9.62 Å². The van der Waals surface area contributed by atoms with Crippen LogP contribution in [0.5, 0.6) is 0 Å². The molecule has 8 nitrogen and oxygen atoms in total. The molecule has 2 aromatic carbocycles. The average Bonchev–Trinajstić information content (AvgIpc) is 2.79. The van der Waals surface area contributed by atoms with Crippen LogP contribution in [0.2, 0.25) is 0 Å². The van der Waals surface area contributed by atoms with E-state index < -0.39 is 16.0 Å². The number of carboxylic acid groups (broad SMARTS) is 1. The van der Waals surface area contributed by atoms with Gasteiger partial charge in [-0.3, -0.25) is 9.52 Å². The van der Waals surface area contributed by atoms with Crippen molar-refractivity contribution in [1.29, 1.82) is 0 Å². The number of anilines is 2. The van der Waals surface area contributed by atoms with Crippen LogP contribution >= 0.6 is 0 Å². The summed E-state index contributed by atoms with van der Waals surface area (Å²) in [5.74, 6) is -1.77. The average molecular weight is 461 g/mol. The second kappa shape index (κ2) is 10.0. The lowest BCUT2D eigenvalue weighted by atomic mass is 9.97. The number of carboxylic acids is 1. The number of sulfonamides is 1. The fraction of sp³-hybridized carbons (Fsp3) is 0.391. The molecule has 32 heavy (non-hydrogen) atoms. The second-order valence-electron chi connectivity index (χ2n) is 7.68. The van der Waals surface area contributed by atoms with Crippen LogP contribution in [0.1, 0.15) is 42.6 Å². The lowest BCUT2D eigenvalue weighted by Crippen LogP contribution is -2.39. The molecule has 1 heterocycles. The zero-order valence-corrected chi connectivity index (χ0v) is 19.0. The highest BCUT2D eigenvalue weighted by atomic mass is 32.2. The van der Waals surface area contributed by atoms with Gasteiger partial charge in [0.2, 0.25) is 0 Å². The molecule has 0 bridgehead atoms. The SMILES string of the molecule is CCOC(=O)C1CCCN(c2ccc(C(=O)O)cc2NS(=O)(=O)c2ccc(CC)cc2)C1. The van der Waals surface area contributed by atoms with E-state index in [0.717, 1.165) is 18.4 Å². The molecule has 0 radical (unpaired) electrons. The zero-order chi connectivity index (χ0) is 23.3. The molecule has 0 saturated carbocycles. The van der Waals surface area contributed by atoms with Gasteiger partial charge in [0, 0.05) is 13.1 Å². The molecular weight excluding hydrogens is 432 g/mol. The van der Waals surface area contributed by atoms with Crippen LogP contribution in [0, 0.1) is 5.92 Å². The number of hydrogen-bond donors (Lipinski definition) is 2. The van der Waals surface area contributed by atoms with Gasteiger partial charge < -0.3 is 14.7 Å². The molecule has 1 aliphatic heterocycles. The van der Waals surface area contributed by atoms with Gasteiger partial charge in [-0.15, -0.1) is 0 Å². The van der Waals surface area contributed by atoms with Crippen molar-refractivity contribution in [2.24, 2.45) is 5.92 Å². The van der Waals surface area contributed by atoms with Crippen molar-refractivity contribution in [1.82, 2.24) is 0 Å². The Labute approximate surface area is 188 Å². The topological polar surface area (TPSA) is 113 Å². The molecule has 0 aliphatic carbocycles. The fourth-order valence-electron chi connectivity index (χ4n) is 3.78. The first-order chi connectivity index (χ1) is 15.2.